The lowest BCUT2D eigenvalue weighted by Gasteiger charge is -2.24. The summed E-state index contributed by atoms with van der Waals surface area (Å²) in [7, 11) is 0. The Kier molecular flexibility index (Phi) is 5.01. The van der Waals surface area contributed by atoms with Gasteiger partial charge in [-0.15, -0.1) is 0 Å². The highest BCUT2D eigenvalue weighted by atomic mass is 35.5. The van der Waals surface area contributed by atoms with Gasteiger partial charge in [0, 0.05) is 17.2 Å². The number of ether oxygens (including phenoxy) is 1. The van der Waals surface area contributed by atoms with Crippen LogP contribution in [0.5, 0.6) is 0 Å². The van der Waals surface area contributed by atoms with Crippen LogP contribution in [0.3, 0.4) is 0 Å². The fourth-order valence-corrected chi connectivity index (χ4v) is 3.15. The molecule has 0 unspecified atom stereocenters. The van der Waals surface area contributed by atoms with E-state index in [-0.39, 0.29) is 16.4 Å². The Morgan fingerprint density at radius 3 is 2.54 bits per heavy atom. The second-order valence-electron chi connectivity index (χ2n) is 7.68. The van der Waals surface area contributed by atoms with Gasteiger partial charge in [0.05, 0.1) is 21.2 Å². The van der Waals surface area contributed by atoms with Crippen LogP contribution in [0.25, 0.3) is 11.3 Å². The normalized spacial score (nSPS) is 15.0. The van der Waals surface area contributed by atoms with Crippen molar-refractivity contribution in [1.29, 1.82) is 0 Å². The van der Waals surface area contributed by atoms with E-state index in [2.05, 4.69) is 10.3 Å². The number of halogens is 2. The molecule has 1 amide bonds. The molecule has 3 rings (SSSR count). The maximum absolute atomic E-state index is 14.8. The smallest absolute Gasteiger partial charge is 0.408 e. The second kappa shape index (κ2) is 7.01. The number of nitrogens with one attached hydrogen (secondary N) is 1. The van der Waals surface area contributed by atoms with Gasteiger partial charge in [0.2, 0.25) is 0 Å². The minimum Gasteiger partial charge on any atom is -0.444 e. The molecule has 0 radical (unpaired) electrons. The minimum absolute atomic E-state index is 0.0503. The van der Waals surface area contributed by atoms with Gasteiger partial charge >= 0.3 is 6.09 Å². The van der Waals surface area contributed by atoms with Crippen molar-refractivity contribution >= 4 is 23.4 Å². The average Bonchev–Trinajstić information content (AvgIpc) is 3.32. The van der Waals surface area contributed by atoms with Crippen molar-refractivity contribution < 1.29 is 18.8 Å². The van der Waals surface area contributed by atoms with Gasteiger partial charge in [-0.25, -0.2) is 14.2 Å². The Balaban J connectivity index is 1.85. The highest BCUT2D eigenvalue weighted by Crippen LogP contribution is 2.47. The standard InChI is InChI=1S/C19H19ClFN3O4/c1-18(2,3)28-17(25)23-19(6-7-19)13-5-4-11(8-15(13)21)16-14(20)9-12(10-22-16)24(26)27/h4-5,8-10H,6-7H2,1-3H3,(H,23,25). The van der Waals surface area contributed by atoms with Crippen molar-refractivity contribution in [3.05, 3.63) is 57.0 Å². The first-order valence-electron chi connectivity index (χ1n) is 8.62. The summed E-state index contributed by atoms with van der Waals surface area (Å²) in [6.45, 7) is 5.26. The molecular weight excluding hydrogens is 389 g/mol. The number of hydrogen-bond donors (Lipinski definition) is 1. The molecule has 9 heteroatoms. The van der Waals surface area contributed by atoms with Crippen LogP contribution in [0.1, 0.15) is 39.2 Å². The van der Waals surface area contributed by atoms with E-state index in [1.807, 2.05) is 0 Å². The summed E-state index contributed by atoms with van der Waals surface area (Å²) in [6.07, 6.45) is 1.66. The van der Waals surface area contributed by atoms with Crippen LogP contribution < -0.4 is 5.32 Å². The van der Waals surface area contributed by atoms with Crippen LogP contribution in [-0.4, -0.2) is 21.6 Å². The summed E-state index contributed by atoms with van der Waals surface area (Å²) < 4.78 is 20.1. The zero-order valence-electron chi connectivity index (χ0n) is 15.6. The van der Waals surface area contributed by atoms with Gasteiger partial charge in [-0.1, -0.05) is 23.7 Å². The van der Waals surface area contributed by atoms with E-state index in [0.717, 1.165) is 6.20 Å². The van der Waals surface area contributed by atoms with Gasteiger partial charge in [-0.2, -0.15) is 0 Å². The summed E-state index contributed by atoms with van der Waals surface area (Å²) in [4.78, 5) is 26.2. The van der Waals surface area contributed by atoms with Gasteiger partial charge < -0.3 is 10.1 Å². The number of amides is 1. The fraction of sp³-hybridized carbons (Fsp3) is 0.368. The Bertz CT molecular complexity index is 955. The molecule has 0 spiro atoms. The lowest BCUT2D eigenvalue weighted by molar-refractivity contribution is -0.385. The van der Waals surface area contributed by atoms with Gasteiger partial charge in [0.25, 0.3) is 5.69 Å². The molecule has 1 saturated carbocycles. The lowest BCUT2D eigenvalue weighted by atomic mass is 10.0. The van der Waals surface area contributed by atoms with E-state index in [1.54, 1.807) is 32.9 Å². The maximum atomic E-state index is 14.8. The number of carbonyl (C=O) groups is 1. The first kappa shape index (κ1) is 20.0. The third-order valence-corrected chi connectivity index (χ3v) is 4.57. The van der Waals surface area contributed by atoms with Gasteiger partial charge in [0.15, 0.2) is 0 Å². The first-order valence-corrected chi connectivity index (χ1v) is 9.00. The Morgan fingerprint density at radius 1 is 1.36 bits per heavy atom. The van der Waals surface area contributed by atoms with E-state index in [9.17, 15) is 19.3 Å². The van der Waals surface area contributed by atoms with Crippen molar-refractivity contribution in [3.8, 4) is 11.3 Å². The third kappa shape index (κ3) is 4.22. The summed E-state index contributed by atoms with van der Waals surface area (Å²) in [5.41, 5.74) is -0.722. The van der Waals surface area contributed by atoms with Crippen molar-refractivity contribution in [1.82, 2.24) is 10.3 Å². The molecule has 0 aliphatic heterocycles. The quantitative estimate of drug-likeness (QED) is 0.570. The van der Waals surface area contributed by atoms with Crippen LogP contribution >= 0.6 is 11.6 Å². The van der Waals surface area contributed by atoms with Crippen molar-refractivity contribution in [3.63, 3.8) is 0 Å². The van der Waals surface area contributed by atoms with Crippen LogP contribution in [-0.2, 0) is 10.3 Å². The molecule has 7 nitrogen and oxygen atoms in total. The molecule has 0 bridgehead atoms. The first-order chi connectivity index (χ1) is 13.0. The van der Waals surface area contributed by atoms with Gasteiger partial charge in [-0.05, 0) is 39.7 Å². The Hall–Kier alpha value is -2.74. The molecule has 0 saturated heterocycles. The van der Waals surface area contributed by atoms with E-state index >= 15 is 0 Å². The monoisotopic (exact) mass is 407 g/mol. The predicted molar refractivity (Wildman–Crippen MR) is 102 cm³/mol. The maximum Gasteiger partial charge on any atom is 0.408 e. The van der Waals surface area contributed by atoms with Crippen LogP contribution in [0.15, 0.2) is 30.5 Å². The molecule has 1 aromatic heterocycles. The topological polar surface area (TPSA) is 94.4 Å². The van der Waals surface area contributed by atoms with E-state index in [0.29, 0.717) is 24.0 Å². The highest BCUT2D eigenvalue weighted by Gasteiger charge is 2.48. The number of nitrogens with zero attached hydrogens (tertiary/aromatic N) is 2. The number of pyridine rings is 1. The summed E-state index contributed by atoms with van der Waals surface area (Å²) >= 11 is 6.07. The van der Waals surface area contributed by atoms with Crippen LogP contribution in [0.4, 0.5) is 14.9 Å². The van der Waals surface area contributed by atoms with E-state index in [1.165, 1.54) is 12.1 Å². The average molecular weight is 408 g/mol. The summed E-state index contributed by atoms with van der Waals surface area (Å²) in [6, 6.07) is 5.61. The Labute approximate surface area is 166 Å². The van der Waals surface area contributed by atoms with E-state index < -0.39 is 28.0 Å². The largest absolute Gasteiger partial charge is 0.444 e. The Morgan fingerprint density at radius 2 is 2.04 bits per heavy atom. The van der Waals surface area contributed by atoms with Crippen LogP contribution in [0.2, 0.25) is 5.02 Å². The van der Waals surface area contributed by atoms with Gasteiger partial charge in [-0.3, -0.25) is 10.1 Å². The molecule has 1 fully saturated rings. The molecule has 1 N–H and O–H groups in total. The van der Waals surface area contributed by atoms with Crippen molar-refractivity contribution in [2.24, 2.45) is 0 Å². The van der Waals surface area contributed by atoms with Gasteiger partial charge in [0.1, 0.15) is 17.6 Å². The van der Waals surface area contributed by atoms with Crippen molar-refractivity contribution in [2.75, 3.05) is 0 Å². The summed E-state index contributed by atoms with van der Waals surface area (Å²) in [5.74, 6) is -0.526. The molecule has 1 aromatic carbocycles. The number of nitro groups is 1. The molecule has 1 aliphatic rings. The SMILES string of the molecule is CC(C)(C)OC(=O)NC1(c2ccc(-c3ncc([N+](=O)[O-])cc3Cl)cc2F)CC1. The van der Waals surface area contributed by atoms with Crippen LogP contribution in [0, 0.1) is 15.9 Å². The molecule has 1 heterocycles. The molecular formula is C19H19ClFN3O4. The number of hydrogen-bond acceptors (Lipinski definition) is 5. The number of aromatic nitrogens is 1. The predicted octanol–water partition coefficient (Wildman–Crippen LogP) is 4.96. The second-order valence-corrected chi connectivity index (χ2v) is 8.09. The number of benzene rings is 1. The molecule has 1 aliphatic carbocycles. The molecule has 2 aromatic rings. The number of alkyl carbamates (subject to hydrolysis) is 1. The molecule has 0 atom stereocenters. The molecule has 148 valence electrons. The zero-order valence-corrected chi connectivity index (χ0v) is 16.3. The van der Waals surface area contributed by atoms with Crippen molar-refractivity contribution in [2.45, 2.75) is 44.8 Å². The number of carbonyl (C=O) groups excluding carboxylic acids is 1. The molecule has 28 heavy (non-hydrogen) atoms. The highest BCUT2D eigenvalue weighted by molar-refractivity contribution is 6.33. The zero-order chi connectivity index (χ0) is 20.7. The fourth-order valence-electron chi connectivity index (χ4n) is 2.88. The number of rotatable bonds is 4. The third-order valence-electron chi connectivity index (χ3n) is 4.29. The minimum atomic E-state index is -0.794. The summed E-state index contributed by atoms with van der Waals surface area (Å²) in [5, 5.41) is 13.6. The van der Waals surface area contributed by atoms with E-state index in [4.69, 9.17) is 16.3 Å². The lowest BCUT2D eigenvalue weighted by Crippen LogP contribution is -2.39.